The van der Waals surface area contributed by atoms with Gasteiger partial charge in [0, 0.05) is 24.9 Å². The smallest absolute Gasteiger partial charge is 0.220 e. The first-order valence-corrected chi connectivity index (χ1v) is 9.21. The van der Waals surface area contributed by atoms with E-state index in [1.54, 1.807) is 12.3 Å². The van der Waals surface area contributed by atoms with Gasteiger partial charge in [-0.2, -0.15) is 0 Å². The van der Waals surface area contributed by atoms with Crippen LogP contribution in [0.1, 0.15) is 23.9 Å². The normalized spacial score (nSPS) is 12.1. The third kappa shape index (κ3) is 5.27. The van der Waals surface area contributed by atoms with Gasteiger partial charge in [-0.25, -0.2) is 9.37 Å². The number of hydrogen-bond acceptors (Lipinski definition) is 4. The number of oxazole rings is 1. The molecule has 0 bridgehead atoms. The van der Waals surface area contributed by atoms with Crippen LogP contribution in [0, 0.1) is 5.82 Å². The molecule has 0 saturated heterocycles. The van der Waals surface area contributed by atoms with Crippen molar-refractivity contribution < 1.29 is 13.6 Å². The van der Waals surface area contributed by atoms with Crippen molar-refractivity contribution in [2.75, 3.05) is 20.6 Å². The molecule has 5 nitrogen and oxygen atoms in total. The maximum Gasteiger partial charge on any atom is 0.220 e. The summed E-state index contributed by atoms with van der Waals surface area (Å²) in [4.78, 5) is 18.4. The number of carbonyl (C=O) groups excluding carboxylic acids is 1. The van der Waals surface area contributed by atoms with Crippen LogP contribution in [0.2, 0.25) is 0 Å². The first kappa shape index (κ1) is 19.8. The maximum atomic E-state index is 13.5. The SMILES string of the molecule is CN(C)[C@H](CNC(=O)CCc1ncc(-c2ccccc2)o1)c1cccc(F)c1. The third-order valence-electron chi connectivity index (χ3n) is 4.53. The number of aromatic nitrogens is 1. The molecule has 0 fully saturated rings. The molecule has 6 heteroatoms. The van der Waals surface area contributed by atoms with Crippen LogP contribution in [-0.4, -0.2) is 36.4 Å². The Balaban J connectivity index is 1.52. The Labute approximate surface area is 164 Å². The fraction of sp³-hybridized carbons (Fsp3) is 0.273. The van der Waals surface area contributed by atoms with Crippen molar-refractivity contribution in [2.45, 2.75) is 18.9 Å². The standard InChI is InChI=1S/C22H24FN3O2/c1-26(2)19(17-9-6-10-18(23)13-17)14-24-21(27)11-12-22-25-15-20(28-22)16-7-4-3-5-8-16/h3-10,13,15,19H,11-12,14H2,1-2H3,(H,24,27)/t19-/m1/s1. The van der Waals surface area contributed by atoms with Gasteiger partial charge in [0.1, 0.15) is 5.82 Å². The van der Waals surface area contributed by atoms with Gasteiger partial charge in [0.05, 0.1) is 12.2 Å². The van der Waals surface area contributed by atoms with Crippen molar-refractivity contribution in [3.8, 4) is 11.3 Å². The summed E-state index contributed by atoms with van der Waals surface area (Å²) in [6.45, 7) is 0.399. The van der Waals surface area contributed by atoms with Crippen LogP contribution in [-0.2, 0) is 11.2 Å². The Morgan fingerprint density at radius 2 is 1.96 bits per heavy atom. The largest absolute Gasteiger partial charge is 0.441 e. The lowest BCUT2D eigenvalue weighted by molar-refractivity contribution is -0.121. The van der Waals surface area contributed by atoms with E-state index < -0.39 is 0 Å². The molecule has 0 unspecified atom stereocenters. The molecule has 3 aromatic rings. The number of carbonyl (C=O) groups is 1. The lowest BCUT2D eigenvalue weighted by Crippen LogP contribution is -2.34. The first-order chi connectivity index (χ1) is 13.5. The molecule has 1 amide bonds. The van der Waals surface area contributed by atoms with Gasteiger partial charge in [-0.15, -0.1) is 0 Å². The highest BCUT2D eigenvalue weighted by molar-refractivity contribution is 5.76. The highest BCUT2D eigenvalue weighted by atomic mass is 19.1. The summed E-state index contributed by atoms with van der Waals surface area (Å²) in [5, 5.41) is 2.92. The van der Waals surface area contributed by atoms with Gasteiger partial charge < -0.3 is 14.6 Å². The number of nitrogens with one attached hydrogen (secondary N) is 1. The number of likely N-dealkylation sites (N-methyl/N-ethyl adjacent to an activating group) is 1. The number of halogens is 1. The van der Waals surface area contributed by atoms with Crippen LogP contribution in [0.3, 0.4) is 0 Å². The second kappa shape index (κ2) is 9.28. The van der Waals surface area contributed by atoms with Crippen LogP contribution < -0.4 is 5.32 Å². The van der Waals surface area contributed by atoms with E-state index in [4.69, 9.17) is 4.42 Å². The average molecular weight is 381 g/mol. The molecule has 0 saturated carbocycles. The van der Waals surface area contributed by atoms with Gasteiger partial charge in [0.15, 0.2) is 11.7 Å². The molecule has 1 heterocycles. The van der Waals surface area contributed by atoms with Crippen molar-refractivity contribution in [1.29, 1.82) is 0 Å². The van der Waals surface area contributed by atoms with Gasteiger partial charge >= 0.3 is 0 Å². The third-order valence-corrected chi connectivity index (χ3v) is 4.53. The van der Waals surface area contributed by atoms with Crippen LogP contribution in [0.5, 0.6) is 0 Å². The lowest BCUT2D eigenvalue weighted by Gasteiger charge is -2.25. The number of benzene rings is 2. The zero-order valence-corrected chi connectivity index (χ0v) is 16.1. The Hall–Kier alpha value is -2.99. The molecule has 0 aliphatic carbocycles. The van der Waals surface area contributed by atoms with Crippen molar-refractivity contribution in [2.24, 2.45) is 0 Å². The van der Waals surface area contributed by atoms with Crippen LogP contribution in [0.15, 0.2) is 65.2 Å². The fourth-order valence-corrected chi connectivity index (χ4v) is 2.99. The van der Waals surface area contributed by atoms with E-state index >= 15 is 0 Å². The van der Waals surface area contributed by atoms with E-state index in [0.717, 1.165) is 11.1 Å². The van der Waals surface area contributed by atoms with Crippen LogP contribution in [0.25, 0.3) is 11.3 Å². The minimum Gasteiger partial charge on any atom is -0.441 e. The summed E-state index contributed by atoms with van der Waals surface area (Å²) < 4.78 is 19.2. The molecule has 28 heavy (non-hydrogen) atoms. The van der Waals surface area contributed by atoms with Gasteiger partial charge in [0.25, 0.3) is 0 Å². The highest BCUT2D eigenvalue weighted by Gasteiger charge is 2.16. The van der Waals surface area contributed by atoms with Crippen molar-refractivity contribution in [1.82, 2.24) is 15.2 Å². The summed E-state index contributed by atoms with van der Waals surface area (Å²) >= 11 is 0. The van der Waals surface area contributed by atoms with E-state index in [0.29, 0.717) is 24.6 Å². The highest BCUT2D eigenvalue weighted by Crippen LogP contribution is 2.21. The number of rotatable bonds is 8. The monoisotopic (exact) mass is 381 g/mol. The first-order valence-electron chi connectivity index (χ1n) is 9.21. The second-order valence-corrected chi connectivity index (χ2v) is 6.82. The molecular formula is C22H24FN3O2. The lowest BCUT2D eigenvalue weighted by atomic mass is 10.1. The van der Waals surface area contributed by atoms with Crippen LogP contribution >= 0.6 is 0 Å². The summed E-state index contributed by atoms with van der Waals surface area (Å²) in [5.74, 6) is 0.842. The molecule has 2 aromatic carbocycles. The van der Waals surface area contributed by atoms with Gasteiger partial charge in [-0.05, 0) is 31.8 Å². The Morgan fingerprint density at radius 3 is 2.68 bits per heavy atom. The van der Waals surface area contributed by atoms with E-state index in [1.807, 2.05) is 55.4 Å². The van der Waals surface area contributed by atoms with Gasteiger partial charge in [-0.3, -0.25) is 4.79 Å². The van der Waals surface area contributed by atoms with Crippen molar-refractivity contribution in [3.05, 3.63) is 78.1 Å². The van der Waals surface area contributed by atoms with Crippen molar-refractivity contribution in [3.63, 3.8) is 0 Å². The average Bonchev–Trinajstić information content (AvgIpc) is 3.16. The molecule has 1 atom stereocenters. The summed E-state index contributed by atoms with van der Waals surface area (Å²) in [7, 11) is 3.80. The molecular weight excluding hydrogens is 357 g/mol. The molecule has 1 aromatic heterocycles. The van der Waals surface area contributed by atoms with Crippen molar-refractivity contribution >= 4 is 5.91 Å². The second-order valence-electron chi connectivity index (χ2n) is 6.82. The predicted octanol–water partition coefficient (Wildman–Crippen LogP) is 3.83. The summed E-state index contributed by atoms with van der Waals surface area (Å²) in [5.41, 5.74) is 1.78. The van der Waals surface area contributed by atoms with E-state index in [2.05, 4.69) is 10.3 Å². The molecule has 0 aliphatic rings. The molecule has 0 radical (unpaired) electrons. The predicted molar refractivity (Wildman–Crippen MR) is 106 cm³/mol. The molecule has 3 rings (SSSR count). The number of aryl methyl sites for hydroxylation is 1. The van der Waals surface area contributed by atoms with Crippen LogP contribution in [0.4, 0.5) is 4.39 Å². The summed E-state index contributed by atoms with van der Waals surface area (Å²) in [6.07, 6.45) is 2.37. The minimum atomic E-state index is -0.284. The van der Waals surface area contributed by atoms with E-state index in [9.17, 15) is 9.18 Å². The molecule has 0 spiro atoms. The minimum absolute atomic E-state index is 0.0947. The molecule has 1 N–H and O–H groups in total. The Bertz CT molecular complexity index is 909. The number of amides is 1. The molecule has 0 aliphatic heterocycles. The maximum absolute atomic E-state index is 13.5. The van der Waals surface area contributed by atoms with Gasteiger partial charge in [-0.1, -0.05) is 42.5 Å². The Morgan fingerprint density at radius 1 is 1.18 bits per heavy atom. The quantitative estimate of drug-likeness (QED) is 0.644. The fourth-order valence-electron chi connectivity index (χ4n) is 2.99. The number of nitrogens with zero attached hydrogens (tertiary/aromatic N) is 2. The van der Waals surface area contributed by atoms with E-state index in [-0.39, 0.29) is 24.2 Å². The topological polar surface area (TPSA) is 58.4 Å². The Kier molecular flexibility index (Phi) is 6.55. The zero-order chi connectivity index (χ0) is 19.9. The zero-order valence-electron chi connectivity index (χ0n) is 16.1. The molecule has 146 valence electrons. The van der Waals surface area contributed by atoms with E-state index in [1.165, 1.54) is 12.1 Å². The summed E-state index contributed by atoms with van der Waals surface area (Å²) in [6, 6.07) is 16.0. The number of hydrogen-bond donors (Lipinski definition) is 1. The van der Waals surface area contributed by atoms with Gasteiger partial charge in [0.2, 0.25) is 5.91 Å².